The van der Waals surface area contributed by atoms with Gasteiger partial charge in [0.2, 0.25) is 5.95 Å². The zero-order valence-corrected chi connectivity index (χ0v) is 6.27. The van der Waals surface area contributed by atoms with E-state index in [0.29, 0.717) is 5.95 Å². The molecule has 0 atom stereocenters. The summed E-state index contributed by atoms with van der Waals surface area (Å²) in [5.74, 6) is 1.68. The zero-order valence-electron chi connectivity index (χ0n) is 5.45. The molecule has 0 aliphatic carbocycles. The molecule has 2 heterocycles. The van der Waals surface area contributed by atoms with E-state index in [1.807, 2.05) is 4.57 Å². The van der Waals surface area contributed by atoms with Gasteiger partial charge < -0.3 is 5.73 Å². The summed E-state index contributed by atoms with van der Waals surface area (Å²) in [4.78, 5) is 0. The van der Waals surface area contributed by atoms with Gasteiger partial charge in [0.15, 0.2) is 5.16 Å². The summed E-state index contributed by atoms with van der Waals surface area (Å²) >= 11 is 1.72. The fourth-order valence-electron chi connectivity index (χ4n) is 1.00. The van der Waals surface area contributed by atoms with Crippen LogP contribution in [-0.4, -0.2) is 20.5 Å². The number of rotatable bonds is 0. The van der Waals surface area contributed by atoms with Crippen LogP contribution in [0.25, 0.3) is 0 Å². The van der Waals surface area contributed by atoms with E-state index in [1.165, 1.54) is 6.42 Å². The van der Waals surface area contributed by atoms with Crippen molar-refractivity contribution in [3.05, 3.63) is 0 Å². The lowest BCUT2D eigenvalue weighted by Gasteiger charge is -2.11. The molecule has 0 spiro atoms. The molecule has 10 heavy (non-hydrogen) atoms. The van der Waals surface area contributed by atoms with Crippen LogP contribution in [0.2, 0.25) is 0 Å². The summed E-state index contributed by atoms with van der Waals surface area (Å²) in [5.41, 5.74) is 5.54. The number of fused-ring (bicyclic) bond motifs is 1. The highest BCUT2D eigenvalue weighted by atomic mass is 32.2. The van der Waals surface area contributed by atoms with Gasteiger partial charge in [-0.15, -0.1) is 10.2 Å². The van der Waals surface area contributed by atoms with Gasteiger partial charge in [-0.1, -0.05) is 11.8 Å². The van der Waals surface area contributed by atoms with Crippen molar-refractivity contribution >= 4 is 17.7 Å². The van der Waals surface area contributed by atoms with Gasteiger partial charge >= 0.3 is 0 Å². The Morgan fingerprint density at radius 1 is 1.50 bits per heavy atom. The van der Waals surface area contributed by atoms with Crippen LogP contribution in [0.4, 0.5) is 5.95 Å². The number of aromatic nitrogens is 3. The maximum absolute atomic E-state index is 5.54. The quantitative estimate of drug-likeness (QED) is 0.589. The van der Waals surface area contributed by atoms with E-state index in [9.17, 15) is 0 Å². The van der Waals surface area contributed by atoms with E-state index in [0.717, 1.165) is 17.5 Å². The Bertz CT molecular complexity index is 244. The predicted molar refractivity (Wildman–Crippen MR) is 39.8 cm³/mol. The van der Waals surface area contributed by atoms with Crippen LogP contribution < -0.4 is 5.73 Å². The molecule has 1 aliphatic heterocycles. The SMILES string of the molecule is Nc1nnc2n1CCCS2. The second-order valence-electron chi connectivity index (χ2n) is 2.19. The fraction of sp³-hybridized carbons (Fsp3) is 0.600. The third-order valence-electron chi connectivity index (χ3n) is 1.50. The van der Waals surface area contributed by atoms with Crippen molar-refractivity contribution in [2.24, 2.45) is 0 Å². The van der Waals surface area contributed by atoms with Gasteiger partial charge in [0, 0.05) is 12.3 Å². The van der Waals surface area contributed by atoms with Crippen molar-refractivity contribution < 1.29 is 0 Å². The van der Waals surface area contributed by atoms with Gasteiger partial charge in [-0.05, 0) is 6.42 Å². The lowest BCUT2D eigenvalue weighted by atomic mass is 10.5. The number of anilines is 1. The first-order valence-corrected chi connectivity index (χ1v) is 4.18. The standard InChI is InChI=1S/C5H8N4S/c6-4-7-8-5-9(4)2-1-3-10-5/h1-3H2,(H2,6,7). The molecular formula is C5H8N4S. The molecule has 0 fully saturated rings. The molecule has 54 valence electrons. The Labute approximate surface area is 62.8 Å². The molecule has 0 bridgehead atoms. The van der Waals surface area contributed by atoms with Crippen molar-refractivity contribution in [1.29, 1.82) is 0 Å². The average molecular weight is 156 g/mol. The maximum Gasteiger partial charge on any atom is 0.222 e. The second-order valence-corrected chi connectivity index (χ2v) is 3.26. The summed E-state index contributed by atoms with van der Waals surface area (Å²) in [7, 11) is 0. The van der Waals surface area contributed by atoms with E-state index in [4.69, 9.17) is 5.73 Å². The average Bonchev–Trinajstić information content (AvgIpc) is 2.34. The minimum absolute atomic E-state index is 0.544. The van der Waals surface area contributed by atoms with Crippen LogP contribution in [0, 0.1) is 0 Å². The third kappa shape index (κ3) is 0.775. The predicted octanol–water partition coefficient (Wildman–Crippen LogP) is 0.356. The largest absolute Gasteiger partial charge is 0.368 e. The highest BCUT2D eigenvalue weighted by Gasteiger charge is 2.13. The molecular weight excluding hydrogens is 148 g/mol. The minimum Gasteiger partial charge on any atom is -0.368 e. The molecule has 1 aliphatic rings. The molecule has 5 heteroatoms. The van der Waals surface area contributed by atoms with E-state index in [1.54, 1.807) is 11.8 Å². The topological polar surface area (TPSA) is 56.7 Å². The molecule has 0 radical (unpaired) electrons. The Morgan fingerprint density at radius 3 is 3.20 bits per heavy atom. The molecule has 2 rings (SSSR count). The number of hydrogen-bond donors (Lipinski definition) is 1. The van der Waals surface area contributed by atoms with Crippen molar-refractivity contribution in [2.45, 2.75) is 18.1 Å². The third-order valence-corrected chi connectivity index (χ3v) is 2.56. The Balaban J connectivity index is 2.45. The number of nitrogen functional groups attached to an aromatic ring is 1. The van der Waals surface area contributed by atoms with Crippen LogP contribution in [0.15, 0.2) is 5.16 Å². The Hall–Kier alpha value is -0.710. The van der Waals surface area contributed by atoms with Gasteiger partial charge in [-0.3, -0.25) is 4.57 Å². The first-order valence-electron chi connectivity index (χ1n) is 3.19. The number of hydrogen-bond acceptors (Lipinski definition) is 4. The van der Waals surface area contributed by atoms with E-state index < -0.39 is 0 Å². The highest BCUT2D eigenvalue weighted by molar-refractivity contribution is 7.99. The van der Waals surface area contributed by atoms with E-state index >= 15 is 0 Å². The minimum atomic E-state index is 0.544. The molecule has 0 saturated heterocycles. The normalized spacial score (nSPS) is 16.8. The monoisotopic (exact) mass is 156 g/mol. The van der Waals surface area contributed by atoms with Crippen LogP contribution in [0.1, 0.15) is 6.42 Å². The summed E-state index contributed by atoms with van der Waals surface area (Å²) in [6, 6.07) is 0. The van der Waals surface area contributed by atoms with Crippen LogP contribution >= 0.6 is 11.8 Å². The van der Waals surface area contributed by atoms with Crippen LogP contribution in [0.3, 0.4) is 0 Å². The summed E-state index contributed by atoms with van der Waals surface area (Å²) in [6.07, 6.45) is 1.17. The molecule has 4 nitrogen and oxygen atoms in total. The fourth-order valence-corrected chi connectivity index (χ4v) is 1.90. The molecule has 0 amide bonds. The number of thioether (sulfide) groups is 1. The smallest absolute Gasteiger partial charge is 0.222 e. The van der Waals surface area contributed by atoms with Gasteiger partial charge in [-0.2, -0.15) is 0 Å². The Morgan fingerprint density at radius 2 is 2.40 bits per heavy atom. The number of nitrogens with zero attached hydrogens (tertiary/aromatic N) is 3. The molecule has 0 saturated carbocycles. The summed E-state index contributed by atoms with van der Waals surface area (Å²) in [6.45, 7) is 0.973. The second kappa shape index (κ2) is 2.16. The van der Waals surface area contributed by atoms with Gasteiger partial charge in [0.05, 0.1) is 0 Å². The van der Waals surface area contributed by atoms with Crippen molar-refractivity contribution in [1.82, 2.24) is 14.8 Å². The van der Waals surface area contributed by atoms with Gasteiger partial charge in [0.25, 0.3) is 0 Å². The van der Waals surface area contributed by atoms with E-state index in [-0.39, 0.29) is 0 Å². The molecule has 1 aromatic heterocycles. The first kappa shape index (κ1) is 6.03. The molecule has 1 aromatic rings. The van der Waals surface area contributed by atoms with Gasteiger partial charge in [-0.25, -0.2) is 0 Å². The number of nitrogens with two attached hydrogens (primary N) is 1. The van der Waals surface area contributed by atoms with Crippen molar-refractivity contribution in [3.8, 4) is 0 Å². The highest BCUT2D eigenvalue weighted by Crippen LogP contribution is 2.23. The lowest BCUT2D eigenvalue weighted by molar-refractivity contribution is 0.614. The van der Waals surface area contributed by atoms with E-state index in [2.05, 4.69) is 10.2 Å². The van der Waals surface area contributed by atoms with Crippen LogP contribution in [0.5, 0.6) is 0 Å². The molecule has 0 aromatic carbocycles. The van der Waals surface area contributed by atoms with Crippen molar-refractivity contribution in [2.75, 3.05) is 11.5 Å². The van der Waals surface area contributed by atoms with Crippen LogP contribution in [-0.2, 0) is 6.54 Å². The van der Waals surface area contributed by atoms with Crippen molar-refractivity contribution in [3.63, 3.8) is 0 Å². The Kier molecular flexibility index (Phi) is 1.30. The van der Waals surface area contributed by atoms with Gasteiger partial charge in [0.1, 0.15) is 0 Å². The maximum atomic E-state index is 5.54. The summed E-state index contributed by atoms with van der Waals surface area (Å²) < 4.78 is 1.95. The zero-order chi connectivity index (χ0) is 6.97. The summed E-state index contributed by atoms with van der Waals surface area (Å²) in [5, 5.41) is 8.64. The first-order chi connectivity index (χ1) is 4.88. The molecule has 2 N–H and O–H groups in total. The lowest BCUT2D eigenvalue weighted by Crippen LogP contribution is -2.09. The molecule has 0 unspecified atom stereocenters.